The Morgan fingerprint density at radius 1 is 1.41 bits per heavy atom. The summed E-state index contributed by atoms with van der Waals surface area (Å²) in [5, 5.41) is 12.4. The normalized spacial score (nSPS) is 16.6. The van der Waals surface area contributed by atoms with Crippen LogP contribution in [0.1, 0.15) is 34.3 Å². The molecular formula is C14H19NO2. The van der Waals surface area contributed by atoms with Crippen molar-refractivity contribution in [3.63, 3.8) is 0 Å². The zero-order chi connectivity index (χ0) is 12.4. The van der Waals surface area contributed by atoms with Gasteiger partial charge in [0.15, 0.2) is 0 Å². The molecule has 2 rings (SSSR count). The number of amides is 1. The monoisotopic (exact) mass is 233 g/mol. The van der Waals surface area contributed by atoms with Crippen LogP contribution in [-0.2, 0) is 0 Å². The second kappa shape index (κ2) is 4.88. The maximum absolute atomic E-state index is 11.8. The van der Waals surface area contributed by atoms with E-state index in [-0.39, 0.29) is 12.0 Å². The van der Waals surface area contributed by atoms with E-state index in [1.807, 2.05) is 32.0 Å². The van der Waals surface area contributed by atoms with Crippen LogP contribution in [0.5, 0.6) is 0 Å². The quantitative estimate of drug-likeness (QED) is 0.833. The van der Waals surface area contributed by atoms with Crippen molar-refractivity contribution in [3.8, 4) is 0 Å². The summed E-state index contributed by atoms with van der Waals surface area (Å²) in [6.07, 6.45) is 1.78. The lowest BCUT2D eigenvalue weighted by Crippen LogP contribution is -2.33. The van der Waals surface area contributed by atoms with Crippen LogP contribution in [0.2, 0.25) is 0 Å². The summed E-state index contributed by atoms with van der Waals surface area (Å²) < 4.78 is 0. The van der Waals surface area contributed by atoms with Gasteiger partial charge in [-0.3, -0.25) is 4.79 Å². The van der Waals surface area contributed by atoms with Crippen molar-refractivity contribution in [1.29, 1.82) is 0 Å². The summed E-state index contributed by atoms with van der Waals surface area (Å²) in [5.74, 6) is 0.294. The van der Waals surface area contributed by atoms with Crippen molar-refractivity contribution < 1.29 is 9.90 Å². The van der Waals surface area contributed by atoms with Crippen molar-refractivity contribution in [2.45, 2.75) is 32.8 Å². The molecule has 0 radical (unpaired) electrons. The number of aliphatic hydroxyl groups excluding tert-OH is 1. The number of hydrogen-bond donors (Lipinski definition) is 2. The number of carbonyl (C=O) groups is 1. The van der Waals surface area contributed by atoms with Crippen LogP contribution in [0.4, 0.5) is 0 Å². The molecule has 0 aliphatic heterocycles. The lowest BCUT2D eigenvalue weighted by molar-refractivity contribution is 0.0901. The number of hydrogen-bond acceptors (Lipinski definition) is 2. The van der Waals surface area contributed by atoms with E-state index >= 15 is 0 Å². The molecule has 3 heteroatoms. The Morgan fingerprint density at radius 3 is 2.71 bits per heavy atom. The Kier molecular flexibility index (Phi) is 3.48. The molecule has 2 N–H and O–H groups in total. The fourth-order valence-corrected chi connectivity index (χ4v) is 1.83. The van der Waals surface area contributed by atoms with E-state index in [9.17, 15) is 9.90 Å². The standard InChI is InChI=1S/C14H19NO2/c1-9-3-4-12(7-10(9)2)14(17)15-8-13(16)11-5-6-11/h3-4,7,11,13,16H,5-6,8H2,1-2H3,(H,15,17). The highest BCUT2D eigenvalue weighted by atomic mass is 16.3. The van der Waals surface area contributed by atoms with Crippen LogP contribution in [0.25, 0.3) is 0 Å². The Morgan fingerprint density at radius 2 is 2.12 bits per heavy atom. The Hall–Kier alpha value is -1.35. The van der Waals surface area contributed by atoms with Gasteiger partial charge in [0.25, 0.3) is 5.91 Å². The summed E-state index contributed by atoms with van der Waals surface area (Å²) >= 11 is 0. The van der Waals surface area contributed by atoms with Crippen LogP contribution < -0.4 is 5.32 Å². The molecular weight excluding hydrogens is 214 g/mol. The fourth-order valence-electron chi connectivity index (χ4n) is 1.83. The predicted octanol–water partition coefficient (Wildman–Crippen LogP) is 1.80. The molecule has 1 aliphatic carbocycles. The predicted molar refractivity (Wildman–Crippen MR) is 67.0 cm³/mol. The number of aliphatic hydroxyl groups is 1. The SMILES string of the molecule is Cc1ccc(C(=O)NCC(O)C2CC2)cc1C. The van der Waals surface area contributed by atoms with Crippen molar-refractivity contribution in [2.24, 2.45) is 5.92 Å². The van der Waals surface area contributed by atoms with Crippen molar-refractivity contribution in [3.05, 3.63) is 34.9 Å². The van der Waals surface area contributed by atoms with E-state index in [1.165, 1.54) is 5.56 Å². The molecule has 1 unspecified atom stereocenters. The topological polar surface area (TPSA) is 49.3 Å². The first kappa shape index (κ1) is 12.1. The largest absolute Gasteiger partial charge is 0.391 e. The Balaban J connectivity index is 1.92. The van der Waals surface area contributed by atoms with Gasteiger partial charge in [0, 0.05) is 12.1 Å². The summed E-state index contributed by atoms with van der Waals surface area (Å²) in [6.45, 7) is 4.37. The lowest BCUT2D eigenvalue weighted by atomic mass is 10.1. The summed E-state index contributed by atoms with van der Waals surface area (Å²) in [6, 6.07) is 5.65. The van der Waals surface area contributed by atoms with E-state index in [1.54, 1.807) is 0 Å². The van der Waals surface area contributed by atoms with Gasteiger partial charge < -0.3 is 10.4 Å². The Bertz CT molecular complexity index is 424. The molecule has 0 bridgehead atoms. The van der Waals surface area contributed by atoms with Crippen molar-refractivity contribution >= 4 is 5.91 Å². The average Bonchev–Trinajstić information content (AvgIpc) is 3.13. The third-order valence-electron chi connectivity index (χ3n) is 3.41. The zero-order valence-electron chi connectivity index (χ0n) is 10.4. The minimum Gasteiger partial charge on any atom is -0.391 e. The van der Waals surface area contributed by atoms with Gasteiger partial charge in [0.05, 0.1) is 6.10 Å². The molecule has 1 aromatic rings. The van der Waals surface area contributed by atoms with Crippen LogP contribution in [0, 0.1) is 19.8 Å². The summed E-state index contributed by atoms with van der Waals surface area (Å²) in [7, 11) is 0. The van der Waals surface area contributed by atoms with Gasteiger partial charge >= 0.3 is 0 Å². The van der Waals surface area contributed by atoms with E-state index < -0.39 is 0 Å². The van der Waals surface area contributed by atoms with Crippen LogP contribution >= 0.6 is 0 Å². The third-order valence-corrected chi connectivity index (χ3v) is 3.41. The highest BCUT2D eigenvalue weighted by molar-refractivity contribution is 5.94. The highest BCUT2D eigenvalue weighted by Gasteiger charge is 2.29. The molecule has 17 heavy (non-hydrogen) atoms. The van der Waals surface area contributed by atoms with Crippen molar-refractivity contribution in [1.82, 2.24) is 5.32 Å². The molecule has 0 saturated heterocycles. The number of nitrogens with one attached hydrogen (secondary N) is 1. The summed E-state index contributed by atoms with van der Waals surface area (Å²) in [4.78, 5) is 11.8. The first-order chi connectivity index (χ1) is 8.08. The minimum absolute atomic E-state index is 0.104. The second-order valence-electron chi connectivity index (χ2n) is 4.91. The van der Waals surface area contributed by atoms with Crippen LogP contribution in [0.3, 0.4) is 0 Å². The molecule has 0 heterocycles. The smallest absolute Gasteiger partial charge is 0.251 e. The molecule has 0 aromatic heterocycles. The lowest BCUT2D eigenvalue weighted by Gasteiger charge is -2.11. The van der Waals surface area contributed by atoms with E-state index in [4.69, 9.17) is 0 Å². The van der Waals surface area contributed by atoms with E-state index in [0.717, 1.165) is 18.4 Å². The first-order valence-electron chi connectivity index (χ1n) is 6.11. The number of aryl methyl sites for hydroxylation is 2. The molecule has 1 atom stereocenters. The average molecular weight is 233 g/mol. The molecule has 1 aromatic carbocycles. The molecule has 1 amide bonds. The van der Waals surface area contributed by atoms with E-state index in [0.29, 0.717) is 18.0 Å². The highest BCUT2D eigenvalue weighted by Crippen LogP contribution is 2.32. The van der Waals surface area contributed by atoms with Gasteiger partial charge in [0.1, 0.15) is 0 Å². The molecule has 0 spiro atoms. The minimum atomic E-state index is -0.384. The maximum Gasteiger partial charge on any atom is 0.251 e. The maximum atomic E-state index is 11.8. The zero-order valence-corrected chi connectivity index (χ0v) is 10.4. The van der Waals surface area contributed by atoms with Gasteiger partial charge in [-0.15, -0.1) is 0 Å². The van der Waals surface area contributed by atoms with E-state index in [2.05, 4.69) is 5.32 Å². The number of rotatable bonds is 4. The molecule has 1 saturated carbocycles. The molecule has 3 nitrogen and oxygen atoms in total. The van der Waals surface area contributed by atoms with Gasteiger partial charge in [-0.2, -0.15) is 0 Å². The van der Waals surface area contributed by atoms with Gasteiger partial charge in [0.2, 0.25) is 0 Å². The first-order valence-corrected chi connectivity index (χ1v) is 6.11. The third kappa shape index (κ3) is 3.07. The van der Waals surface area contributed by atoms with Crippen LogP contribution in [-0.4, -0.2) is 23.7 Å². The summed E-state index contributed by atoms with van der Waals surface area (Å²) in [5.41, 5.74) is 2.95. The molecule has 1 fully saturated rings. The van der Waals surface area contributed by atoms with Crippen molar-refractivity contribution in [2.75, 3.05) is 6.54 Å². The van der Waals surface area contributed by atoms with Crippen LogP contribution in [0.15, 0.2) is 18.2 Å². The molecule has 1 aliphatic rings. The van der Waals surface area contributed by atoms with Gasteiger partial charge in [-0.1, -0.05) is 6.07 Å². The number of carbonyl (C=O) groups excluding carboxylic acids is 1. The Labute approximate surface area is 102 Å². The molecule has 92 valence electrons. The van der Waals surface area contributed by atoms with Gasteiger partial charge in [-0.25, -0.2) is 0 Å². The van der Waals surface area contributed by atoms with Gasteiger partial charge in [-0.05, 0) is 55.9 Å². The number of benzene rings is 1. The fraction of sp³-hybridized carbons (Fsp3) is 0.500. The second-order valence-corrected chi connectivity index (χ2v) is 4.91.